The number of carbonyl (C=O) groups is 1. The molecule has 0 radical (unpaired) electrons. The number of aromatic nitrogens is 2. The zero-order chi connectivity index (χ0) is 20.1. The molecular weight excluding hydrogens is 348 g/mol. The number of hydrogen-bond acceptors (Lipinski definition) is 4. The number of benzene rings is 2. The molecule has 0 fully saturated rings. The maximum Gasteiger partial charge on any atom is 0.270 e. The Labute approximate surface area is 166 Å². The second-order valence-electron chi connectivity index (χ2n) is 7.84. The van der Waals surface area contributed by atoms with E-state index in [4.69, 9.17) is 0 Å². The van der Waals surface area contributed by atoms with E-state index in [1.807, 2.05) is 49.4 Å². The van der Waals surface area contributed by atoms with E-state index in [1.54, 1.807) is 6.07 Å². The van der Waals surface area contributed by atoms with E-state index in [0.717, 1.165) is 16.9 Å². The lowest BCUT2D eigenvalue weighted by Gasteiger charge is -2.19. The van der Waals surface area contributed by atoms with Crippen molar-refractivity contribution in [2.24, 2.45) is 0 Å². The summed E-state index contributed by atoms with van der Waals surface area (Å²) < 4.78 is 0. The Hall–Kier alpha value is -3.21. The van der Waals surface area contributed by atoms with Gasteiger partial charge in [-0.15, -0.1) is 0 Å². The van der Waals surface area contributed by atoms with E-state index < -0.39 is 0 Å². The van der Waals surface area contributed by atoms with E-state index >= 15 is 0 Å². The van der Waals surface area contributed by atoms with Crippen LogP contribution < -0.4 is 10.6 Å². The summed E-state index contributed by atoms with van der Waals surface area (Å²) in [6, 6.07) is 19.7. The number of rotatable bonds is 5. The predicted octanol–water partition coefficient (Wildman–Crippen LogP) is 4.76. The summed E-state index contributed by atoms with van der Waals surface area (Å²) in [5.74, 6) is 0.189. The highest BCUT2D eigenvalue weighted by Gasteiger charge is 2.14. The summed E-state index contributed by atoms with van der Waals surface area (Å²) in [6.07, 6.45) is 0. The zero-order valence-corrected chi connectivity index (χ0v) is 16.8. The summed E-state index contributed by atoms with van der Waals surface area (Å²) in [5, 5.41) is 6.09. The number of aryl methyl sites for hydroxylation is 1. The maximum absolute atomic E-state index is 12.5. The fraction of sp³-hybridized carbons (Fsp3) is 0.261. The highest BCUT2D eigenvalue weighted by Crippen LogP contribution is 2.24. The largest absolute Gasteiger partial charge is 0.347 e. The number of hydrogen-bond donors (Lipinski definition) is 2. The molecule has 1 aromatic heterocycles. The molecule has 5 nitrogen and oxygen atoms in total. The molecule has 0 aliphatic carbocycles. The van der Waals surface area contributed by atoms with Crippen LogP contribution in [0.15, 0.2) is 60.7 Å². The van der Waals surface area contributed by atoms with Gasteiger partial charge in [-0.2, -0.15) is 0 Å². The Balaban J connectivity index is 1.71. The molecule has 144 valence electrons. The van der Waals surface area contributed by atoms with Gasteiger partial charge in [0.25, 0.3) is 5.91 Å². The molecule has 1 amide bonds. The fourth-order valence-electron chi connectivity index (χ4n) is 2.79. The van der Waals surface area contributed by atoms with Crippen molar-refractivity contribution in [2.75, 3.05) is 5.32 Å². The Kier molecular flexibility index (Phi) is 5.73. The first-order chi connectivity index (χ1) is 13.3. The minimum Gasteiger partial charge on any atom is -0.347 e. The summed E-state index contributed by atoms with van der Waals surface area (Å²) >= 11 is 0. The van der Waals surface area contributed by atoms with Crippen molar-refractivity contribution in [1.82, 2.24) is 15.3 Å². The lowest BCUT2D eigenvalue weighted by atomic mass is 9.87. The van der Waals surface area contributed by atoms with Crippen LogP contribution in [0.4, 0.5) is 11.6 Å². The van der Waals surface area contributed by atoms with Crippen molar-refractivity contribution < 1.29 is 4.79 Å². The van der Waals surface area contributed by atoms with Gasteiger partial charge in [-0.1, -0.05) is 63.2 Å². The van der Waals surface area contributed by atoms with Crippen LogP contribution in [0.25, 0.3) is 0 Å². The van der Waals surface area contributed by atoms with Crippen molar-refractivity contribution in [3.63, 3.8) is 0 Å². The minimum atomic E-state index is -0.222. The minimum absolute atomic E-state index is 0.0996. The van der Waals surface area contributed by atoms with Crippen LogP contribution >= 0.6 is 0 Å². The smallest absolute Gasteiger partial charge is 0.270 e. The zero-order valence-electron chi connectivity index (χ0n) is 16.8. The predicted molar refractivity (Wildman–Crippen MR) is 113 cm³/mol. The first-order valence-electron chi connectivity index (χ1n) is 9.37. The fourth-order valence-corrected chi connectivity index (χ4v) is 2.79. The van der Waals surface area contributed by atoms with Gasteiger partial charge in [0.1, 0.15) is 5.69 Å². The number of carbonyl (C=O) groups excluding carboxylic acids is 1. The molecule has 0 atom stereocenters. The van der Waals surface area contributed by atoms with Crippen LogP contribution in [-0.4, -0.2) is 15.9 Å². The normalized spacial score (nSPS) is 11.1. The SMILES string of the molecule is Cc1cc(C(=O)NCc2ccccc2)nc(Nc2ccc(C(C)(C)C)cc2)n1. The average Bonchev–Trinajstić information content (AvgIpc) is 2.66. The first kappa shape index (κ1) is 19.5. The molecule has 0 saturated carbocycles. The van der Waals surface area contributed by atoms with Crippen LogP contribution in [0.3, 0.4) is 0 Å². The Bertz CT molecular complexity index is 945. The Morgan fingerprint density at radius 2 is 1.64 bits per heavy atom. The van der Waals surface area contributed by atoms with E-state index in [9.17, 15) is 4.79 Å². The third-order valence-electron chi connectivity index (χ3n) is 4.39. The van der Waals surface area contributed by atoms with Crippen molar-refractivity contribution in [1.29, 1.82) is 0 Å². The molecule has 0 unspecified atom stereocenters. The second-order valence-corrected chi connectivity index (χ2v) is 7.84. The molecule has 0 spiro atoms. The molecule has 2 N–H and O–H groups in total. The van der Waals surface area contributed by atoms with Crippen LogP contribution in [0.1, 0.15) is 48.1 Å². The summed E-state index contributed by atoms with van der Waals surface area (Å²) in [5.41, 5.74) is 4.35. The highest BCUT2D eigenvalue weighted by molar-refractivity contribution is 5.92. The van der Waals surface area contributed by atoms with Gasteiger partial charge in [-0.25, -0.2) is 9.97 Å². The average molecular weight is 374 g/mol. The molecule has 1 heterocycles. The second kappa shape index (κ2) is 8.21. The molecule has 0 aliphatic heterocycles. The van der Waals surface area contributed by atoms with Gasteiger partial charge in [-0.05, 0) is 41.7 Å². The van der Waals surface area contributed by atoms with E-state index in [2.05, 4.69) is 53.5 Å². The Morgan fingerprint density at radius 3 is 2.29 bits per heavy atom. The molecule has 5 heteroatoms. The van der Waals surface area contributed by atoms with Gasteiger partial charge in [0, 0.05) is 17.9 Å². The first-order valence-corrected chi connectivity index (χ1v) is 9.37. The molecule has 28 heavy (non-hydrogen) atoms. The lowest BCUT2D eigenvalue weighted by Crippen LogP contribution is -2.24. The van der Waals surface area contributed by atoms with Gasteiger partial charge in [-0.3, -0.25) is 4.79 Å². The molecular formula is C23H26N4O. The molecule has 0 bridgehead atoms. The van der Waals surface area contributed by atoms with Crippen molar-refractivity contribution >= 4 is 17.5 Å². The number of anilines is 2. The molecule has 2 aromatic carbocycles. The van der Waals surface area contributed by atoms with Crippen molar-refractivity contribution in [2.45, 2.75) is 39.7 Å². The summed E-state index contributed by atoms with van der Waals surface area (Å²) in [6.45, 7) is 8.85. The lowest BCUT2D eigenvalue weighted by molar-refractivity contribution is 0.0945. The number of nitrogens with one attached hydrogen (secondary N) is 2. The van der Waals surface area contributed by atoms with Gasteiger partial charge >= 0.3 is 0 Å². The van der Waals surface area contributed by atoms with Crippen molar-refractivity contribution in [3.05, 3.63) is 83.2 Å². The van der Waals surface area contributed by atoms with Crippen LogP contribution in [0, 0.1) is 6.92 Å². The van der Waals surface area contributed by atoms with Crippen LogP contribution in [0.2, 0.25) is 0 Å². The monoisotopic (exact) mass is 374 g/mol. The number of amides is 1. The molecule has 3 rings (SSSR count). The standard InChI is InChI=1S/C23H26N4O/c1-16-14-20(21(28)24-15-17-8-6-5-7-9-17)27-22(25-16)26-19-12-10-18(11-13-19)23(2,3)4/h5-14H,15H2,1-4H3,(H,24,28)(H,25,26,27). The van der Waals surface area contributed by atoms with E-state index in [1.165, 1.54) is 5.56 Å². The van der Waals surface area contributed by atoms with Gasteiger partial charge in [0.05, 0.1) is 0 Å². The van der Waals surface area contributed by atoms with Gasteiger partial charge in [0.2, 0.25) is 5.95 Å². The van der Waals surface area contributed by atoms with E-state index in [0.29, 0.717) is 18.2 Å². The number of nitrogens with zero attached hydrogens (tertiary/aromatic N) is 2. The molecule has 0 saturated heterocycles. The summed E-state index contributed by atoms with van der Waals surface area (Å²) in [7, 11) is 0. The quantitative estimate of drug-likeness (QED) is 0.676. The third-order valence-corrected chi connectivity index (χ3v) is 4.39. The molecule has 3 aromatic rings. The Morgan fingerprint density at radius 1 is 0.964 bits per heavy atom. The topological polar surface area (TPSA) is 66.9 Å². The van der Waals surface area contributed by atoms with Crippen LogP contribution in [-0.2, 0) is 12.0 Å². The summed E-state index contributed by atoms with van der Waals surface area (Å²) in [4.78, 5) is 21.3. The highest BCUT2D eigenvalue weighted by atomic mass is 16.1. The molecule has 0 aliphatic rings. The van der Waals surface area contributed by atoms with E-state index in [-0.39, 0.29) is 11.3 Å². The van der Waals surface area contributed by atoms with Crippen molar-refractivity contribution in [3.8, 4) is 0 Å². The van der Waals surface area contributed by atoms with Gasteiger partial charge < -0.3 is 10.6 Å². The third kappa shape index (κ3) is 5.16. The maximum atomic E-state index is 12.5. The van der Waals surface area contributed by atoms with Crippen LogP contribution in [0.5, 0.6) is 0 Å². The van der Waals surface area contributed by atoms with Gasteiger partial charge in [0.15, 0.2) is 0 Å².